The van der Waals surface area contributed by atoms with Gasteiger partial charge in [-0.1, -0.05) is 11.6 Å². The molecule has 0 bridgehead atoms. The van der Waals surface area contributed by atoms with Crippen molar-refractivity contribution in [2.24, 2.45) is 5.41 Å². The lowest BCUT2D eigenvalue weighted by Crippen LogP contribution is -2.63. The SMILES string of the molecule is COc1cc(C2=CC3C(S2)C(=O)N(c2cncc4cccnc24)C(=O)N3CC2(C#N)CC2)c(Cl)cc1F. The van der Waals surface area contributed by atoms with Gasteiger partial charge in [0, 0.05) is 34.8 Å². The Balaban J connectivity index is 1.45. The van der Waals surface area contributed by atoms with Gasteiger partial charge in [-0.2, -0.15) is 5.26 Å². The van der Waals surface area contributed by atoms with Crippen LogP contribution in [0.2, 0.25) is 5.02 Å². The predicted molar refractivity (Wildman–Crippen MR) is 138 cm³/mol. The van der Waals surface area contributed by atoms with Crippen LogP contribution in [0.25, 0.3) is 15.8 Å². The number of carbonyl (C=O) groups is 2. The number of methoxy groups -OCH3 is 1. The first-order chi connectivity index (χ1) is 17.9. The van der Waals surface area contributed by atoms with Gasteiger partial charge in [0.2, 0.25) is 0 Å². The largest absolute Gasteiger partial charge is 0.494 e. The van der Waals surface area contributed by atoms with E-state index >= 15 is 0 Å². The highest BCUT2D eigenvalue weighted by Crippen LogP contribution is 2.51. The number of carbonyl (C=O) groups excluding carboxylic acids is 2. The number of hydrogen-bond donors (Lipinski definition) is 0. The van der Waals surface area contributed by atoms with Crippen LogP contribution in [0.5, 0.6) is 5.75 Å². The van der Waals surface area contributed by atoms with E-state index in [0.717, 1.165) is 4.90 Å². The number of halogens is 2. The first kappa shape index (κ1) is 23.7. The van der Waals surface area contributed by atoms with E-state index in [1.165, 1.54) is 37.2 Å². The lowest BCUT2D eigenvalue weighted by Gasteiger charge is -2.41. The summed E-state index contributed by atoms with van der Waals surface area (Å²) in [5, 5.41) is 9.91. The van der Waals surface area contributed by atoms with Gasteiger partial charge < -0.3 is 9.64 Å². The van der Waals surface area contributed by atoms with E-state index in [2.05, 4.69) is 16.0 Å². The maximum Gasteiger partial charge on any atom is 0.332 e. The number of aromatic nitrogens is 2. The third kappa shape index (κ3) is 3.81. The molecular formula is C26H19ClFN5O3S. The Morgan fingerprint density at radius 2 is 2.14 bits per heavy atom. The van der Waals surface area contributed by atoms with Crippen molar-refractivity contribution in [1.82, 2.24) is 14.9 Å². The summed E-state index contributed by atoms with van der Waals surface area (Å²) in [6, 6.07) is 7.41. The van der Waals surface area contributed by atoms with Gasteiger partial charge >= 0.3 is 6.03 Å². The fourth-order valence-corrected chi connectivity index (χ4v) is 6.44. The molecular weight excluding hydrogens is 517 g/mol. The molecule has 37 heavy (non-hydrogen) atoms. The van der Waals surface area contributed by atoms with Crippen molar-refractivity contribution in [3.05, 3.63) is 65.3 Å². The van der Waals surface area contributed by atoms with E-state index in [1.54, 1.807) is 35.5 Å². The van der Waals surface area contributed by atoms with Crippen LogP contribution in [0, 0.1) is 22.6 Å². The molecule has 2 fully saturated rings. The van der Waals surface area contributed by atoms with Gasteiger partial charge in [0.05, 0.1) is 47.1 Å². The maximum absolute atomic E-state index is 14.2. The minimum absolute atomic E-state index is 0.0194. The van der Waals surface area contributed by atoms with Crippen LogP contribution in [-0.2, 0) is 4.79 Å². The Bertz CT molecular complexity index is 1550. The first-order valence-electron chi connectivity index (χ1n) is 11.5. The standard InChI is InChI=1S/C26H19ClFN5O3S/c1-36-20-7-15(16(27)8-17(20)28)21-9-18-23(37-21)24(34)33(25(35)32(18)13-26(12-29)4-5-26)19-11-30-10-14-3-2-6-31-22(14)19/h2-3,6-11,18,23H,4-5,13H2,1H3. The maximum atomic E-state index is 14.2. The average Bonchev–Trinajstić information content (AvgIpc) is 3.55. The van der Waals surface area contributed by atoms with E-state index in [1.807, 2.05) is 0 Å². The monoisotopic (exact) mass is 535 g/mol. The van der Waals surface area contributed by atoms with Gasteiger partial charge in [-0.15, -0.1) is 11.8 Å². The number of fused-ring (bicyclic) bond motifs is 2. The Hall–Kier alpha value is -3.68. The minimum atomic E-state index is -0.701. The number of urea groups is 1. The molecule has 4 heterocycles. The minimum Gasteiger partial charge on any atom is -0.494 e. The lowest BCUT2D eigenvalue weighted by atomic mass is 10.0. The highest BCUT2D eigenvalue weighted by atomic mass is 35.5. The van der Waals surface area contributed by atoms with Gasteiger partial charge in [-0.3, -0.25) is 14.8 Å². The summed E-state index contributed by atoms with van der Waals surface area (Å²) in [7, 11) is 1.36. The predicted octanol–water partition coefficient (Wildman–Crippen LogP) is 5.03. The quantitative estimate of drug-likeness (QED) is 0.452. The van der Waals surface area contributed by atoms with Crippen LogP contribution in [0.4, 0.5) is 14.9 Å². The van der Waals surface area contributed by atoms with Crippen LogP contribution < -0.4 is 9.64 Å². The lowest BCUT2D eigenvalue weighted by molar-refractivity contribution is -0.119. The van der Waals surface area contributed by atoms with E-state index < -0.39 is 34.5 Å². The van der Waals surface area contributed by atoms with Crippen molar-refractivity contribution < 1.29 is 18.7 Å². The third-order valence-corrected chi connectivity index (χ3v) is 8.61. The second kappa shape index (κ2) is 8.71. The second-order valence-corrected chi connectivity index (χ2v) is 10.8. The zero-order valence-corrected chi connectivity index (χ0v) is 21.1. The van der Waals surface area contributed by atoms with E-state index in [0.29, 0.717) is 34.2 Å². The average molecular weight is 536 g/mol. The molecule has 0 N–H and O–H groups in total. The van der Waals surface area contributed by atoms with Crippen molar-refractivity contribution >= 4 is 56.8 Å². The van der Waals surface area contributed by atoms with E-state index in [9.17, 15) is 19.2 Å². The Morgan fingerprint density at radius 3 is 2.86 bits per heavy atom. The smallest absolute Gasteiger partial charge is 0.332 e. The summed E-state index contributed by atoms with van der Waals surface area (Å²) in [5.74, 6) is -1.00. The molecule has 2 unspecified atom stereocenters. The molecule has 11 heteroatoms. The van der Waals surface area contributed by atoms with Crippen molar-refractivity contribution in [1.29, 1.82) is 5.26 Å². The van der Waals surface area contributed by atoms with Crippen LogP contribution in [0.15, 0.2) is 48.9 Å². The number of hydrogen-bond acceptors (Lipinski definition) is 7. The molecule has 1 aliphatic carbocycles. The van der Waals surface area contributed by atoms with Crippen molar-refractivity contribution in [2.75, 3.05) is 18.6 Å². The Labute approximate surface area is 220 Å². The fourth-order valence-electron chi connectivity index (χ4n) is 4.77. The highest BCUT2D eigenvalue weighted by molar-refractivity contribution is 8.09. The molecule has 2 aromatic heterocycles. The van der Waals surface area contributed by atoms with Crippen LogP contribution in [0.3, 0.4) is 0 Å². The van der Waals surface area contributed by atoms with Crippen molar-refractivity contribution in [3.63, 3.8) is 0 Å². The molecule has 2 atom stereocenters. The van der Waals surface area contributed by atoms with Gasteiger partial charge in [0.15, 0.2) is 11.6 Å². The molecule has 2 aliphatic heterocycles. The molecule has 186 valence electrons. The number of rotatable bonds is 5. The van der Waals surface area contributed by atoms with Gasteiger partial charge in [-0.05, 0) is 43.2 Å². The molecule has 3 amide bonds. The van der Waals surface area contributed by atoms with Crippen molar-refractivity contribution in [2.45, 2.75) is 24.1 Å². The summed E-state index contributed by atoms with van der Waals surface area (Å²) in [5.41, 5.74) is 0.621. The Kier molecular flexibility index (Phi) is 5.58. The first-order valence-corrected chi connectivity index (χ1v) is 12.8. The number of imide groups is 1. The van der Waals surface area contributed by atoms with Crippen molar-refractivity contribution in [3.8, 4) is 11.8 Å². The molecule has 0 radical (unpaired) electrons. The van der Waals surface area contributed by atoms with Crippen LogP contribution in [0.1, 0.15) is 18.4 Å². The molecule has 3 aliphatic rings. The van der Waals surface area contributed by atoms with E-state index in [-0.39, 0.29) is 23.0 Å². The van der Waals surface area contributed by atoms with Crippen LogP contribution >= 0.6 is 23.4 Å². The molecule has 6 rings (SSSR count). The van der Waals surface area contributed by atoms with Gasteiger partial charge in [-0.25, -0.2) is 14.1 Å². The molecule has 3 aromatic rings. The summed E-state index contributed by atoms with van der Waals surface area (Å²) < 4.78 is 19.3. The van der Waals surface area contributed by atoms with Gasteiger partial charge in [0.25, 0.3) is 5.91 Å². The summed E-state index contributed by atoms with van der Waals surface area (Å²) in [6.45, 7) is 0.184. The number of benzene rings is 1. The topological polar surface area (TPSA) is 99.4 Å². The molecule has 1 saturated heterocycles. The number of anilines is 1. The second-order valence-electron chi connectivity index (χ2n) is 9.24. The third-order valence-electron chi connectivity index (χ3n) is 6.95. The van der Waals surface area contributed by atoms with E-state index in [4.69, 9.17) is 16.3 Å². The normalized spacial score (nSPS) is 22.1. The highest BCUT2D eigenvalue weighted by Gasteiger charge is 2.54. The van der Waals surface area contributed by atoms with Gasteiger partial charge in [0.1, 0.15) is 5.25 Å². The molecule has 1 saturated carbocycles. The molecule has 1 aromatic carbocycles. The fraction of sp³-hybridized carbons (Fsp3) is 0.269. The Morgan fingerprint density at radius 1 is 1.32 bits per heavy atom. The number of amides is 3. The number of pyridine rings is 2. The molecule has 8 nitrogen and oxygen atoms in total. The summed E-state index contributed by atoms with van der Waals surface area (Å²) >= 11 is 7.63. The zero-order chi connectivity index (χ0) is 25.9. The van der Waals surface area contributed by atoms with Crippen LogP contribution in [-0.4, -0.2) is 51.8 Å². The number of nitriles is 1. The number of nitrogens with zero attached hydrogens (tertiary/aromatic N) is 5. The summed E-state index contributed by atoms with van der Waals surface area (Å²) in [4.78, 5) is 39.8. The molecule has 0 spiro atoms. The number of ether oxygens (including phenoxy) is 1. The number of thioether (sulfide) groups is 1. The summed E-state index contributed by atoms with van der Waals surface area (Å²) in [6.07, 6.45) is 7.83. The zero-order valence-electron chi connectivity index (χ0n) is 19.5.